The zero-order valence-electron chi connectivity index (χ0n) is 11.6. The first kappa shape index (κ1) is 16.2. The predicted molar refractivity (Wildman–Crippen MR) is 82.0 cm³/mol. The summed E-state index contributed by atoms with van der Waals surface area (Å²) in [7, 11) is 0. The fourth-order valence-corrected chi connectivity index (χ4v) is 2.22. The second-order valence-electron chi connectivity index (χ2n) is 4.70. The van der Waals surface area contributed by atoms with Crippen molar-refractivity contribution in [1.82, 2.24) is 14.9 Å². The van der Waals surface area contributed by atoms with Crippen molar-refractivity contribution < 1.29 is 9.18 Å². The Kier molecular flexibility index (Phi) is 4.92. The molecule has 0 saturated heterocycles. The molecule has 2 aromatic rings. The fourth-order valence-electron chi connectivity index (χ4n) is 1.88. The smallest absolute Gasteiger partial charge is 0.328 e. The second-order valence-corrected chi connectivity index (χ2v) is 5.56. The lowest BCUT2D eigenvalue weighted by molar-refractivity contribution is -0.122. The number of hydrogen-bond donors (Lipinski definition) is 2. The summed E-state index contributed by atoms with van der Waals surface area (Å²) in [6, 6.07) is 5.42. The summed E-state index contributed by atoms with van der Waals surface area (Å²) in [5, 5.41) is 2.70. The number of rotatable bonds is 4. The molecular formula is C14H13BrFN3O3. The molecule has 0 unspecified atom stereocenters. The van der Waals surface area contributed by atoms with Crippen molar-refractivity contribution in [3.05, 3.63) is 67.2 Å². The SMILES string of the molecule is C[C@@H](NC(=O)Cn1cc(Br)c(=O)[nH]c1=O)c1ccc(F)cc1. The van der Waals surface area contributed by atoms with Gasteiger partial charge in [-0.2, -0.15) is 0 Å². The van der Waals surface area contributed by atoms with E-state index in [2.05, 4.69) is 26.2 Å². The molecule has 2 rings (SSSR count). The van der Waals surface area contributed by atoms with Gasteiger partial charge in [0.2, 0.25) is 5.91 Å². The molecule has 0 aliphatic carbocycles. The van der Waals surface area contributed by atoms with Crippen LogP contribution in [0.3, 0.4) is 0 Å². The summed E-state index contributed by atoms with van der Waals surface area (Å²) < 4.78 is 14.1. The molecule has 22 heavy (non-hydrogen) atoms. The van der Waals surface area contributed by atoms with E-state index in [-0.39, 0.29) is 22.9 Å². The summed E-state index contributed by atoms with van der Waals surface area (Å²) in [5.74, 6) is -0.759. The van der Waals surface area contributed by atoms with Gasteiger partial charge in [0.1, 0.15) is 12.4 Å². The van der Waals surface area contributed by atoms with Gasteiger partial charge >= 0.3 is 5.69 Å². The third-order valence-electron chi connectivity index (χ3n) is 3.03. The number of carbonyl (C=O) groups excluding carboxylic acids is 1. The van der Waals surface area contributed by atoms with E-state index in [0.717, 1.165) is 10.1 Å². The van der Waals surface area contributed by atoms with Crippen molar-refractivity contribution in [3.63, 3.8) is 0 Å². The maximum Gasteiger partial charge on any atom is 0.328 e. The van der Waals surface area contributed by atoms with Gasteiger partial charge in [0.25, 0.3) is 5.56 Å². The van der Waals surface area contributed by atoms with Gasteiger partial charge < -0.3 is 5.32 Å². The topological polar surface area (TPSA) is 84.0 Å². The van der Waals surface area contributed by atoms with Gasteiger partial charge in [-0.15, -0.1) is 0 Å². The van der Waals surface area contributed by atoms with Crippen molar-refractivity contribution in [1.29, 1.82) is 0 Å². The molecule has 0 fully saturated rings. The van der Waals surface area contributed by atoms with Crippen LogP contribution in [0.1, 0.15) is 18.5 Å². The molecule has 0 bridgehead atoms. The highest BCUT2D eigenvalue weighted by atomic mass is 79.9. The highest BCUT2D eigenvalue weighted by Gasteiger charge is 2.11. The highest BCUT2D eigenvalue weighted by molar-refractivity contribution is 9.10. The molecule has 116 valence electrons. The number of nitrogens with one attached hydrogen (secondary N) is 2. The molecule has 1 atom stereocenters. The highest BCUT2D eigenvalue weighted by Crippen LogP contribution is 2.12. The Balaban J connectivity index is 2.07. The number of aromatic nitrogens is 2. The molecular weight excluding hydrogens is 357 g/mol. The van der Waals surface area contributed by atoms with Crippen LogP contribution in [-0.2, 0) is 11.3 Å². The Bertz CT molecular complexity index is 798. The summed E-state index contributed by atoms with van der Waals surface area (Å²) >= 11 is 2.99. The molecule has 0 aliphatic heterocycles. The summed E-state index contributed by atoms with van der Waals surface area (Å²) in [4.78, 5) is 36.9. The maximum absolute atomic E-state index is 12.9. The number of carbonyl (C=O) groups is 1. The predicted octanol–water partition coefficient (Wildman–Crippen LogP) is 1.32. The third-order valence-corrected chi connectivity index (χ3v) is 3.59. The van der Waals surface area contributed by atoms with E-state index >= 15 is 0 Å². The first-order chi connectivity index (χ1) is 10.4. The molecule has 1 aromatic carbocycles. The van der Waals surface area contributed by atoms with Crippen LogP contribution < -0.4 is 16.6 Å². The van der Waals surface area contributed by atoms with Crippen molar-refractivity contribution in [3.8, 4) is 0 Å². The van der Waals surface area contributed by atoms with Crippen LogP contribution >= 0.6 is 15.9 Å². The minimum Gasteiger partial charge on any atom is -0.348 e. The van der Waals surface area contributed by atoms with Gasteiger partial charge in [0.05, 0.1) is 10.5 Å². The largest absolute Gasteiger partial charge is 0.348 e. The summed E-state index contributed by atoms with van der Waals surface area (Å²) in [5.41, 5.74) is -0.483. The Hall–Kier alpha value is -2.22. The molecule has 1 heterocycles. The zero-order chi connectivity index (χ0) is 16.3. The van der Waals surface area contributed by atoms with Crippen LogP contribution in [0.5, 0.6) is 0 Å². The monoisotopic (exact) mass is 369 g/mol. The first-order valence-corrected chi connectivity index (χ1v) is 7.20. The van der Waals surface area contributed by atoms with Gasteiger partial charge in [-0.3, -0.25) is 19.1 Å². The van der Waals surface area contributed by atoms with Crippen molar-refractivity contribution in [2.75, 3.05) is 0 Å². The second kappa shape index (κ2) is 6.69. The molecule has 1 aromatic heterocycles. The number of amides is 1. The van der Waals surface area contributed by atoms with Crippen LogP contribution in [0.15, 0.2) is 44.5 Å². The average molecular weight is 370 g/mol. The molecule has 0 radical (unpaired) electrons. The van der Waals surface area contributed by atoms with Crippen LogP contribution in [-0.4, -0.2) is 15.5 Å². The molecule has 0 aliphatic rings. The molecule has 8 heteroatoms. The minimum absolute atomic E-state index is 0.159. The Labute approximate surface area is 133 Å². The summed E-state index contributed by atoms with van der Waals surface area (Å²) in [6.07, 6.45) is 1.25. The van der Waals surface area contributed by atoms with Crippen LogP contribution in [0.4, 0.5) is 4.39 Å². The van der Waals surface area contributed by atoms with Crippen LogP contribution in [0.2, 0.25) is 0 Å². The molecule has 0 spiro atoms. The van der Waals surface area contributed by atoms with E-state index in [4.69, 9.17) is 0 Å². The molecule has 6 nitrogen and oxygen atoms in total. The van der Waals surface area contributed by atoms with Crippen LogP contribution in [0, 0.1) is 5.82 Å². The van der Waals surface area contributed by atoms with E-state index in [1.165, 1.54) is 18.3 Å². The molecule has 0 saturated carbocycles. The maximum atomic E-state index is 12.9. The number of halogens is 2. The summed E-state index contributed by atoms with van der Waals surface area (Å²) in [6.45, 7) is 1.51. The van der Waals surface area contributed by atoms with Crippen molar-refractivity contribution in [2.24, 2.45) is 0 Å². The Morgan fingerprint density at radius 2 is 2.00 bits per heavy atom. The van der Waals surface area contributed by atoms with Crippen molar-refractivity contribution in [2.45, 2.75) is 19.5 Å². The Morgan fingerprint density at radius 3 is 2.64 bits per heavy atom. The van der Waals surface area contributed by atoms with E-state index in [0.29, 0.717) is 0 Å². The normalized spacial score (nSPS) is 12.0. The van der Waals surface area contributed by atoms with Gasteiger partial charge in [0.15, 0.2) is 0 Å². The number of H-pyrrole nitrogens is 1. The molecule has 2 N–H and O–H groups in total. The number of hydrogen-bond acceptors (Lipinski definition) is 3. The first-order valence-electron chi connectivity index (χ1n) is 6.41. The standard InChI is InChI=1S/C14H13BrFN3O3/c1-8(9-2-4-10(16)5-3-9)17-12(20)7-19-6-11(15)13(21)18-14(19)22/h2-6,8H,7H2,1H3,(H,17,20)(H,18,21,22)/t8-/m1/s1. The minimum atomic E-state index is -0.669. The van der Waals surface area contributed by atoms with E-state index in [1.807, 2.05) is 0 Å². The lowest BCUT2D eigenvalue weighted by atomic mass is 10.1. The number of aromatic amines is 1. The van der Waals surface area contributed by atoms with Gasteiger partial charge in [-0.25, -0.2) is 9.18 Å². The lowest BCUT2D eigenvalue weighted by Crippen LogP contribution is -2.36. The lowest BCUT2D eigenvalue weighted by Gasteiger charge is -2.15. The molecule has 1 amide bonds. The van der Waals surface area contributed by atoms with Gasteiger partial charge in [-0.1, -0.05) is 12.1 Å². The Morgan fingerprint density at radius 1 is 1.36 bits per heavy atom. The third kappa shape index (κ3) is 3.91. The fraction of sp³-hybridized carbons (Fsp3) is 0.214. The van der Waals surface area contributed by atoms with Gasteiger partial charge in [-0.05, 0) is 40.5 Å². The average Bonchev–Trinajstić information content (AvgIpc) is 2.45. The van der Waals surface area contributed by atoms with Gasteiger partial charge in [0, 0.05) is 6.20 Å². The van der Waals surface area contributed by atoms with Crippen LogP contribution in [0.25, 0.3) is 0 Å². The van der Waals surface area contributed by atoms with E-state index < -0.39 is 17.2 Å². The number of benzene rings is 1. The quantitative estimate of drug-likeness (QED) is 0.852. The number of nitrogens with zero attached hydrogens (tertiary/aromatic N) is 1. The van der Waals surface area contributed by atoms with E-state index in [1.54, 1.807) is 19.1 Å². The van der Waals surface area contributed by atoms with Crippen molar-refractivity contribution >= 4 is 21.8 Å². The zero-order valence-corrected chi connectivity index (χ0v) is 13.2. The van der Waals surface area contributed by atoms with E-state index in [9.17, 15) is 18.8 Å².